The van der Waals surface area contributed by atoms with Gasteiger partial charge in [-0.3, -0.25) is 4.79 Å². The zero-order chi connectivity index (χ0) is 18.8. The summed E-state index contributed by atoms with van der Waals surface area (Å²) in [6.45, 7) is 3.53. The maximum atomic E-state index is 11.7. The largest absolute Gasteiger partial charge is 0.384 e. The third-order valence-corrected chi connectivity index (χ3v) is 4.92. The number of anilines is 1. The molecule has 1 aliphatic rings. The van der Waals surface area contributed by atoms with Crippen LogP contribution in [0.2, 0.25) is 0 Å². The summed E-state index contributed by atoms with van der Waals surface area (Å²) in [5.41, 5.74) is 10.9. The molecule has 1 atom stereocenters. The van der Waals surface area contributed by atoms with Crippen molar-refractivity contribution < 1.29 is 4.79 Å². The van der Waals surface area contributed by atoms with Crippen LogP contribution in [0.15, 0.2) is 55.5 Å². The predicted molar refractivity (Wildman–Crippen MR) is 108 cm³/mol. The normalized spacial score (nSPS) is 16.7. The zero-order valence-electron chi connectivity index (χ0n) is 14.9. The minimum atomic E-state index is -0.128. The van der Waals surface area contributed by atoms with Gasteiger partial charge in [0.25, 0.3) is 0 Å². The molecule has 0 aliphatic heterocycles. The molecule has 3 aromatic heterocycles. The van der Waals surface area contributed by atoms with Crippen LogP contribution in [0, 0.1) is 0 Å². The summed E-state index contributed by atoms with van der Waals surface area (Å²) in [5, 5.41) is 4.08. The van der Waals surface area contributed by atoms with E-state index in [1.165, 1.54) is 11.6 Å². The number of nitrogen functional groups attached to an aromatic ring is 1. The standard InChI is InChI=1S/C21H21N5O/c1-2-19(27)26-15-5-3-4-13(10-15)16-8-9-23-21-20(16)17(12-25-21)14-6-7-18(22)24-11-14/h2,4,6-9,11-12,15H,1,3,5,10H2,(H2,22,24)(H,23,25)(H,26,27). The van der Waals surface area contributed by atoms with Crippen LogP contribution in [-0.2, 0) is 4.79 Å². The Kier molecular flexibility index (Phi) is 4.46. The van der Waals surface area contributed by atoms with Gasteiger partial charge in [0.05, 0.1) is 0 Å². The third kappa shape index (κ3) is 3.33. The van der Waals surface area contributed by atoms with Crippen LogP contribution in [0.5, 0.6) is 0 Å². The molecule has 0 bridgehead atoms. The summed E-state index contributed by atoms with van der Waals surface area (Å²) < 4.78 is 0. The lowest BCUT2D eigenvalue weighted by Crippen LogP contribution is -2.34. The Bertz CT molecular complexity index is 1030. The van der Waals surface area contributed by atoms with E-state index in [4.69, 9.17) is 5.73 Å². The molecular formula is C21H21N5O. The number of nitrogens with two attached hydrogens (primary N) is 1. The number of aromatic amines is 1. The van der Waals surface area contributed by atoms with E-state index in [2.05, 4.69) is 32.9 Å². The molecule has 0 spiro atoms. The molecule has 3 aromatic rings. The Morgan fingerprint density at radius 3 is 2.96 bits per heavy atom. The number of carbonyl (C=O) groups excluding carboxylic acids is 1. The molecule has 0 saturated heterocycles. The Labute approximate surface area is 157 Å². The van der Waals surface area contributed by atoms with E-state index in [0.29, 0.717) is 5.82 Å². The molecule has 1 unspecified atom stereocenters. The number of hydrogen-bond donors (Lipinski definition) is 3. The number of rotatable bonds is 4. The number of nitrogens with one attached hydrogen (secondary N) is 2. The van der Waals surface area contributed by atoms with E-state index >= 15 is 0 Å². The first-order valence-corrected chi connectivity index (χ1v) is 8.96. The van der Waals surface area contributed by atoms with Crippen molar-refractivity contribution in [3.8, 4) is 11.1 Å². The molecule has 0 radical (unpaired) electrons. The quantitative estimate of drug-likeness (QED) is 0.622. The van der Waals surface area contributed by atoms with Crippen molar-refractivity contribution in [2.45, 2.75) is 25.3 Å². The van der Waals surface area contributed by atoms with Gasteiger partial charge in [0.2, 0.25) is 5.91 Å². The number of pyridine rings is 2. The fourth-order valence-electron chi connectivity index (χ4n) is 3.63. The third-order valence-electron chi connectivity index (χ3n) is 4.92. The predicted octanol–water partition coefficient (Wildman–Crippen LogP) is 3.45. The lowest BCUT2D eigenvalue weighted by Gasteiger charge is -2.24. The number of allylic oxidation sites excluding steroid dienone is 1. The number of H-pyrrole nitrogens is 1. The van der Waals surface area contributed by atoms with Crippen molar-refractivity contribution >= 4 is 28.3 Å². The van der Waals surface area contributed by atoms with Crippen molar-refractivity contribution in [1.29, 1.82) is 0 Å². The van der Waals surface area contributed by atoms with Crippen molar-refractivity contribution in [3.63, 3.8) is 0 Å². The van der Waals surface area contributed by atoms with Crippen molar-refractivity contribution in [2.24, 2.45) is 0 Å². The molecule has 0 aromatic carbocycles. The maximum absolute atomic E-state index is 11.7. The number of carbonyl (C=O) groups is 1. The first-order valence-electron chi connectivity index (χ1n) is 8.96. The fraction of sp³-hybridized carbons (Fsp3) is 0.190. The van der Waals surface area contributed by atoms with Gasteiger partial charge in [-0.2, -0.15) is 0 Å². The van der Waals surface area contributed by atoms with Crippen LogP contribution >= 0.6 is 0 Å². The number of fused-ring (bicyclic) bond motifs is 1. The molecule has 0 saturated carbocycles. The van der Waals surface area contributed by atoms with Gasteiger partial charge in [-0.15, -0.1) is 0 Å². The molecule has 1 aliphatic carbocycles. The Morgan fingerprint density at radius 1 is 1.30 bits per heavy atom. The number of nitrogens with zero attached hydrogens (tertiary/aromatic N) is 2. The highest BCUT2D eigenvalue weighted by atomic mass is 16.1. The molecule has 136 valence electrons. The van der Waals surface area contributed by atoms with Gasteiger partial charge in [0.15, 0.2) is 0 Å². The summed E-state index contributed by atoms with van der Waals surface area (Å²) in [6, 6.07) is 5.91. The maximum Gasteiger partial charge on any atom is 0.243 e. The van der Waals surface area contributed by atoms with E-state index in [1.54, 1.807) is 12.3 Å². The highest BCUT2D eigenvalue weighted by molar-refractivity contribution is 6.01. The van der Waals surface area contributed by atoms with Gasteiger partial charge in [-0.1, -0.05) is 12.7 Å². The molecule has 4 N–H and O–H groups in total. The monoisotopic (exact) mass is 359 g/mol. The average Bonchev–Trinajstić information content (AvgIpc) is 3.13. The molecule has 1 amide bonds. The van der Waals surface area contributed by atoms with Crippen LogP contribution in [0.4, 0.5) is 5.82 Å². The van der Waals surface area contributed by atoms with E-state index in [0.717, 1.165) is 47.0 Å². The van der Waals surface area contributed by atoms with Crippen LogP contribution in [-0.4, -0.2) is 26.9 Å². The summed E-state index contributed by atoms with van der Waals surface area (Å²) in [7, 11) is 0. The van der Waals surface area contributed by atoms with Crippen LogP contribution in [0.3, 0.4) is 0 Å². The minimum Gasteiger partial charge on any atom is -0.384 e. The first-order chi connectivity index (χ1) is 13.2. The molecule has 0 fully saturated rings. The lowest BCUT2D eigenvalue weighted by molar-refractivity contribution is -0.117. The topological polar surface area (TPSA) is 96.7 Å². The van der Waals surface area contributed by atoms with Gasteiger partial charge in [0.1, 0.15) is 11.5 Å². The number of aromatic nitrogens is 3. The highest BCUT2D eigenvalue weighted by Crippen LogP contribution is 2.36. The fourth-order valence-corrected chi connectivity index (χ4v) is 3.63. The van der Waals surface area contributed by atoms with Gasteiger partial charge >= 0.3 is 0 Å². The summed E-state index contributed by atoms with van der Waals surface area (Å²) in [6.07, 6.45) is 11.7. The van der Waals surface area contributed by atoms with Gasteiger partial charge in [0, 0.05) is 41.1 Å². The van der Waals surface area contributed by atoms with E-state index < -0.39 is 0 Å². The second-order valence-electron chi connectivity index (χ2n) is 6.68. The minimum absolute atomic E-state index is 0.110. The van der Waals surface area contributed by atoms with Crippen LogP contribution in [0.25, 0.3) is 27.7 Å². The second kappa shape index (κ2) is 7.07. The highest BCUT2D eigenvalue weighted by Gasteiger charge is 2.21. The van der Waals surface area contributed by atoms with E-state index in [9.17, 15) is 4.79 Å². The van der Waals surface area contributed by atoms with Crippen molar-refractivity contribution in [3.05, 3.63) is 61.1 Å². The zero-order valence-corrected chi connectivity index (χ0v) is 14.9. The molecule has 4 rings (SSSR count). The Hall–Kier alpha value is -3.41. The molecule has 6 nitrogen and oxygen atoms in total. The van der Waals surface area contributed by atoms with E-state index in [-0.39, 0.29) is 11.9 Å². The van der Waals surface area contributed by atoms with Crippen molar-refractivity contribution in [2.75, 3.05) is 5.73 Å². The van der Waals surface area contributed by atoms with Gasteiger partial charge in [-0.25, -0.2) is 9.97 Å². The molecular weight excluding hydrogens is 338 g/mol. The second-order valence-corrected chi connectivity index (χ2v) is 6.68. The van der Waals surface area contributed by atoms with Crippen LogP contribution < -0.4 is 11.1 Å². The van der Waals surface area contributed by atoms with Crippen LogP contribution in [0.1, 0.15) is 24.8 Å². The smallest absolute Gasteiger partial charge is 0.243 e. The van der Waals surface area contributed by atoms with Crippen molar-refractivity contribution in [1.82, 2.24) is 20.3 Å². The Balaban J connectivity index is 1.75. The number of amides is 1. The van der Waals surface area contributed by atoms with E-state index in [1.807, 2.05) is 24.5 Å². The summed E-state index contributed by atoms with van der Waals surface area (Å²) in [5.74, 6) is 0.365. The SMILES string of the molecule is C=CC(=O)NC1CCC=C(c2ccnc3[nH]cc(-c4ccc(N)nc4)c23)C1. The summed E-state index contributed by atoms with van der Waals surface area (Å²) >= 11 is 0. The average molecular weight is 359 g/mol. The van der Waals surface area contributed by atoms with Gasteiger partial charge in [-0.05, 0) is 54.7 Å². The molecule has 27 heavy (non-hydrogen) atoms. The Morgan fingerprint density at radius 2 is 2.19 bits per heavy atom. The molecule has 3 heterocycles. The lowest BCUT2D eigenvalue weighted by atomic mass is 9.88. The summed E-state index contributed by atoms with van der Waals surface area (Å²) in [4.78, 5) is 23.6. The van der Waals surface area contributed by atoms with Gasteiger partial charge < -0.3 is 16.0 Å². The molecule has 6 heteroatoms. The number of hydrogen-bond acceptors (Lipinski definition) is 4. The first kappa shape index (κ1) is 17.0.